The Morgan fingerprint density at radius 3 is 2.44 bits per heavy atom. The Bertz CT molecular complexity index is 1570. The second-order valence-electron chi connectivity index (χ2n) is 9.49. The highest BCUT2D eigenvalue weighted by molar-refractivity contribution is 7.90. The molecule has 0 saturated carbocycles. The van der Waals surface area contributed by atoms with Gasteiger partial charge in [-0.1, -0.05) is 30.3 Å². The molecule has 1 aliphatic heterocycles. The van der Waals surface area contributed by atoms with Crippen molar-refractivity contribution < 1.29 is 22.7 Å². The number of para-hydroxylation sites is 1. The second kappa shape index (κ2) is 11.1. The van der Waals surface area contributed by atoms with Crippen LogP contribution in [0.1, 0.15) is 12.0 Å². The van der Waals surface area contributed by atoms with E-state index in [9.17, 15) is 18.0 Å². The van der Waals surface area contributed by atoms with Gasteiger partial charge >= 0.3 is 6.03 Å². The first-order valence-corrected chi connectivity index (χ1v) is 14.4. The van der Waals surface area contributed by atoms with E-state index in [0.29, 0.717) is 37.6 Å². The lowest BCUT2D eigenvalue weighted by Gasteiger charge is -2.16. The molecule has 5 rings (SSSR count). The largest absolute Gasteiger partial charge is 0.489 e. The number of nitrogens with one attached hydrogen (secondary N) is 1. The van der Waals surface area contributed by atoms with Gasteiger partial charge in [0.1, 0.15) is 18.7 Å². The Kier molecular flexibility index (Phi) is 7.47. The lowest BCUT2D eigenvalue weighted by Crippen LogP contribution is -2.33. The molecule has 9 nitrogen and oxygen atoms in total. The molecule has 3 aromatic carbocycles. The summed E-state index contributed by atoms with van der Waals surface area (Å²) in [6.45, 7) is 1.26. The molecule has 10 heteroatoms. The Morgan fingerprint density at radius 1 is 1.03 bits per heavy atom. The first-order chi connectivity index (χ1) is 18.8. The molecule has 39 heavy (non-hydrogen) atoms. The summed E-state index contributed by atoms with van der Waals surface area (Å²) in [5.41, 5.74) is 3.19. The van der Waals surface area contributed by atoms with Gasteiger partial charge in [-0.05, 0) is 54.1 Å². The van der Waals surface area contributed by atoms with Gasteiger partial charge in [-0.15, -0.1) is 0 Å². The van der Waals surface area contributed by atoms with E-state index in [0.717, 1.165) is 16.8 Å². The molecule has 0 radical (unpaired) electrons. The summed E-state index contributed by atoms with van der Waals surface area (Å²) < 4.78 is 30.4. The van der Waals surface area contributed by atoms with Crippen molar-refractivity contribution in [2.45, 2.75) is 17.9 Å². The molecule has 0 aliphatic carbocycles. The van der Waals surface area contributed by atoms with Crippen molar-refractivity contribution in [3.8, 4) is 17.0 Å². The SMILES string of the molecule is CS(=O)(=O)c1ccc(COc2ccc(-c3cn(C(=O)NCC4CC(=O)N(c5ccccc5)C4)cn3)cc2)cc1. The van der Waals surface area contributed by atoms with Gasteiger partial charge in [0.2, 0.25) is 5.91 Å². The molecule has 200 valence electrons. The van der Waals surface area contributed by atoms with Crippen molar-refractivity contribution in [3.63, 3.8) is 0 Å². The molecule has 0 bridgehead atoms. The van der Waals surface area contributed by atoms with Crippen molar-refractivity contribution in [1.82, 2.24) is 14.9 Å². The number of rotatable bonds is 8. The van der Waals surface area contributed by atoms with Crippen molar-refractivity contribution in [2.75, 3.05) is 24.2 Å². The second-order valence-corrected chi connectivity index (χ2v) is 11.5. The number of anilines is 1. The zero-order chi connectivity index (χ0) is 27.4. The standard InChI is InChI=1S/C29H28N4O5S/c1-39(36,37)26-13-7-21(8-14-26)19-38-25-11-9-23(10-12-25)27-18-32(20-31-27)29(35)30-16-22-15-28(34)33(17-22)24-5-3-2-4-6-24/h2-14,18,20,22H,15-17,19H2,1H3,(H,30,35). The van der Waals surface area contributed by atoms with Crippen LogP contribution in [-0.4, -0.2) is 49.3 Å². The molecule has 1 atom stereocenters. The number of sulfone groups is 1. The fourth-order valence-corrected chi connectivity index (χ4v) is 5.03. The molecule has 2 amide bonds. The van der Waals surface area contributed by atoms with E-state index in [2.05, 4.69) is 10.3 Å². The number of carbonyl (C=O) groups excluding carboxylic acids is 2. The van der Waals surface area contributed by atoms with E-state index in [1.54, 1.807) is 35.4 Å². The van der Waals surface area contributed by atoms with Crippen LogP contribution < -0.4 is 15.0 Å². The third-order valence-corrected chi connectivity index (χ3v) is 7.67. The van der Waals surface area contributed by atoms with Gasteiger partial charge in [0.15, 0.2) is 9.84 Å². The van der Waals surface area contributed by atoms with Gasteiger partial charge in [-0.2, -0.15) is 0 Å². The van der Waals surface area contributed by atoms with E-state index >= 15 is 0 Å². The summed E-state index contributed by atoms with van der Waals surface area (Å²) in [5, 5.41) is 2.90. The van der Waals surface area contributed by atoms with Crippen molar-refractivity contribution in [2.24, 2.45) is 5.92 Å². The molecule has 1 aliphatic rings. The molecule has 1 N–H and O–H groups in total. The molecule has 1 aromatic heterocycles. The van der Waals surface area contributed by atoms with Crippen LogP contribution in [0, 0.1) is 5.92 Å². The molecular formula is C29H28N4O5S. The number of imidazole rings is 1. The van der Waals surface area contributed by atoms with Gasteiger partial charge in [0.25, 0.3) is 0 Å². The summed E-state index contributed by atoms with van der Waals surface area (Å²) in [6, 6.07) is 23.2. The highest BCUT2D eigenvalue weighted by Crippen LogP contribution is 2.25. The van der Waals surface area contributed by atoms with Gasteiger partial charge in [-0.3, -0.25) is 9.36 Å². The molecular weight excluding hydrogens is 516 g/mol. The van der Waals surface area contributed by atoms with E-state index in [-0.39, 0.29) is 22.8 Å². The average molecular weight is 545 g/mol. The maximum Gasteiger partial charge on any atom is 0.326 e. The number of amides is 2. The lowest BCUT2D eigenvalue weighted by molar-refractivity contribution is -0.117. The van der Waals surface area contributed by atoms with Crippen LogP contribution in [0.2, 0.25) is 0 Å². The molecule has 1 fully saturated rings. The number of nitrogens with zero attached hydrogens (tertiary/aromatic N) is 3. The molecule has 1 unspecified atom stereocenters. The predicted molar refractivity (Wildman–Crippen MR) is 147 cm³/mol. The Morgan fingerprint density at radius 2 is 1.74 bits per heavy atom. The van der Waals surface area contributed by atoms with Crippen LogP contribution in [0.15, 0.2) is 96.3 Å². The molecule has 2 heterocycles. The van der Waals surface area contributed by atoms with E-state index in [4.69, 9.17) is 4.74 Å². The summed E-state index contributed by atoms with van der Waals surface area (Å²) in [7, 11) is -3.23. The number of hydrogen-bond acceptors (Lipinski definition) is 6. The third-order valence-electron chi connectivity index (χ3n) is 6.54. The minimum atomic E-state index is -3.23. The highest BCUT2D eigenvalue weighted by atomic mass is 32.2. The van der Waals surface area contributed by atoms with Gasteiger partial charge in [-0.25, -0.2) is 18.2 Å². The molecule has 1 saturated heterocycles. The van der Waals surface area contributed by atoms with Crippen molar-refractivity contribution in [1.29, 1.82) is 0 Å². The summed E-state index contributed by atoms with van der Waals surface area (Å²) >= 11 is 0. The number of benzene rings is 3. The topological polar surface area (TPSA) is 111 Å². The highest BCUT2D eigenvalue weighted by Gasteiger charge is 2.30. The number of hydrogen-bond donors (Lipinski definition) is 1. The third kappa shape index (κ3) is 6.35. The zero-order valence-electron chi connectivity index (χ0n) is 21.4. The Labute approximate surface area is 227 Å². The molecule has 0 spiro atoms. The minimum Gasteiger partial charge on any atom is -0.489 e. The van der Waals surface area contributed by atoms with Crippen molar-refractivity contribution >= 4 is 27.5 Å². The monoisotopic (exact) mass is 544 g/mol. The smallest absolute Gasteiger partial charge is 0.326 e. The number of ether oxygens (including phenoxy) is 1. The van der Waals surface area contributed by atoms with Crippen LogP contribution in [-0.2, 0) is 21.2 Å². The fourth-order valence-electron chi connectivity index (χ4n) is 4.40. The predicted octanol–water partition coefficient (Wildman–Crippen LogP) is 4.14. The minimum absolute atomic E-state index is 0.0369. The summed E-state index contributed by atoms with van der Waals surface area (Å²) in [4.78, 5) is 31.5. The van der Waals surface area contributed by atoms with Crippen LogP contribution in [0.4, 0.5) is 10.5 Å². The van der Waals surface area contributed by atoms with Gasteiger partial charge < -0.3 is 15.0 Å². The van der Waals surface area contributed by atoms with Crippen LogP contribution in [0.5, 0.6) is 5.75 Å². The lowest BCUT2D eigenvalue weighted by atomic mass is 10.1. The Balaban J connectivity index is 1.12. The zero-order valence-corrected chi connectivity index (χ0v) is 22.2. The normalized spacial score (nSPS) is 15.4. The first-order valence-electron chi connectivity index (χ1n) is 12.5. The summed E-state index contributed by atoms with van der Waals surface area (Å²) in [5.74, 6) is 0.747. The maximum atomic E-state index is 12.7. The number of aromatic nitrogens is 2. The average Bonchev–Trinajstić information content (AvgIpc) is 3.58. The maximum absolute atomic E-state index is 12.7. The van der Waals surface area contributed by atoms with Gasteiger partial charge in [0, 0.05) is 49.1 Å². The van der Waals surface area contributed by atoms with Crippen LogP contribution >= 0.6 is 0 Å². The van der Waals surface area contributed by atoms with Crippen LogP contribution in [0.3, 0.4) is 0 Å². The summed E-state index contributed by atoms with van der Waals surface area (Å²) in [6.07, 6.45) is 4.69. The fraction of sp³-hybridized carbons (Fsp3) is 0.207. The van der Waals surface area contributed by atoms with Crippen molar-refractivity contribution in [3.05, 3.63) is 97.0 Å². The van der Waals surface area contributed by atoms with Crippen LogP contribution in [0.25, 0.3) is 11.3 Å². The first kappa shape index (κ1) is 26.2. The van der Waals surface area contributed by atoms with E-state index in [1.165, 1.54) is 17.2 Å². The quantitative estimate of drug-likeness (QED) is 0.357. The number of carbonyl (C=O) groups is 2. The molecule has 4 aromatic rings. The van der Waals surface area contributed by atoms with E-state index in [1.807, 2.05) is 54.6 Å². The Hall–Kier alpha value is -4.44. The van der Waals surface area contributed by atoms with E-state index < -0.39 is 9.84 Å². The van der Waals surface area contributed by atoms with Gasteiger partial charge in [0.05, 0.1) is 10.6 Å².